The Bertz CT molecular complexity index is 1470. The number of ether oxygens (including phenoxy) is 1. The minimum absolute atomic E-state index is 0.0373. The summed E-state index contributed by atoms with van der Waals surface area (Å²) in [5, 5.41) is 2.98. The van der Waals surface area contributed by atoms with Gasteiger partial charge in [0.25, 0.3) is 7.82 Å². The molecule has 1 amide bonds. The maximum atomic E-state index is 13.4. The van der Waals surface area contributed by atoms with Gasteiger partial charge in [-0.3, -0.25) is 14.2 Å². The molecule has 0 aliphatic heterocycles. The highest BCUT2D eigenvalue weighted by Crippen LogP contribution is 2.38. The number of hydrogen-bond donors (Lipinski definition) is 1. The third-order valence-electron chi connectivity index (χ3n) is 11.1. The summed E-state index contributed by atoms with van der Waals surface area (Å²) in [4.78, 5) is 39.7. The van der Waals surface area contributed by atoms with Crippen molar-refractivity contribution >= 4 is 19.7 Å². The van der Waals surface area contributed by atoms with Crippen molar-refractivity contribution in [3.8, 4) is 0 Å². The van der Waals surface area contributed by atoms with Crippen molar-refractivity contribution in [2.24, 2.45) is 0 Å². The molecule has 0 aliphatic carbocycles. The van der Waals surface area contributed by atoms with Crippen molar-refractivity contribution in [3.63, 3.8) is 0 Å². The van der Waals surface area contributed by atoms with E-state index in [-0.39, 0.29) is 31.3 Å². The lowest BCUT2D eigenvalue weighted by atomic mass is 10.1. The number of rotatable bonds is 46. The smallest absolute Gasteiger partial charge is 0.306 e. The molecule has 0 fully saturated rings. The Morgan fingerprint density at radius 3 is 1.61 bits per heavy atom. The van der Waals surface area contributed by atoms with E-state index < -0.39 is 26.6 Å². The van der Waals surface area contributed by atoms with E-state index in [9.17, 15) is 19.0 Å². The molecule has 384 valence electrons. The second-order valence-electron chi connectivity index (χ2n) is 18.7. The number of nitrogens with zero attached hydrogens (tertiary/aromatic N) is 1. The highest BCUT2D eigenvalue weighted by Gasteiger charge is 2.27. The molecule has 1 N–H and O–H groups in total. The molecular weight excluding hydrogens is 856 g/mol. The molecule has 67 heavy (non-hydrogen) atoms. The Morgan fingerprint density at radius 2 is 1.03 bits per heavy atom. The summed E-state index contributed by atoms with van der Waals surface area (Å²) >= 11 is 0. The van der Waals surface area contributed by atoms with Crippen LogP contribution >= 0.6 is 7.82 Å². The first-order valence-electron chi connectivity index (χ1n) is 26.6. The minimum atomic E-state index is -4.71. The number of likely N-dealkylation sites (N-methyl/N-ethyl adjacent to an activating group) is 1. The van der Waals surface area contributed by atoms with Gasteiger partial charge in [-0.2, -0.15) is 0 Å². The number of amides is 1. The number of hydrogen-bond acceptors (Lipinski definition) is 7. The van der Waals surface area contributed by atoms with E-state index in [0.29, 0.717) is 23.9 Å². The molecule has 3 unspecified atom stereocenters. The zero-order valence-electron chi connectivity index (χ0n) is 43.6. The number of carbonyl (C=O) groups excluding carboxylic acids is 2. The number of unbranched alkanes of at least 4 members (excludes halogenated alkanes) is 18. The molecule has 0 aromatic carbocycles. The first kappa shape index (κ1) is 63.9. The molecule has 0 heterocycles. The van der Waals surface area contributed by atoms with Crippen molar-refractivity contribution in [2.45, 2.75) is 213 Å². The van der Waals surface area contributed by atoms with Crippen LogP contribution in [0.25, 0.3) is 0 Å². The fourth-order valence-electron chi connectivity index (χ4n) is 6.98. The molecule has 0 saturated heterocycles. The van der Waals surface area contributed by atoms with Crippen molar-refractivity contribution in [1.82, 2.24) is 5.32 Å². The van der Waals surface area contributed by atoms with Crippen LogP contribution in [0, 0.1) is 0 Å². The Labute approximate surface area is 411 Å². The van der Waals surface area contributed by atoms with E-state index >= 15 is 0 Å². The fraction of sp³-hybridized carbons (Fsp3) is 0.684. The quantitative estimate of drug-likeness (QED) is 0.0161. The van der Waals surface area contributed by atoms with Gasteiger partial charge in [-0.1, -0.05) is 195 Å². The number of nitrogens with one attached hydrogen (secondary N) is 1. The van der Waals surface area contributed by atoms with Crippen LogP contribution in [0.3, 0.4) is 0 Å². The first-order valence-corrected chi connectivity index (χ1v) is 28.0. The third-order valence-corrected chi connectivity index (χ3v) is 12.0. The van der Waals surface area contributed by atoms with Crippen molar-refractivity contribution in [2.75, 3.05) is 40.9 Å². The number of esters is 1. The summed E-state index contributed by atoms with van der Waals surface area (Å²) in [6.45, 7) is 6.52. The average molecular weight is 955 g/mol. The van der Waals surface area contributed by atoms with E-state index in [1.54, 1.807) is 6.08 Å². The second kappa shape index (κ2) is 46.6. The number of phosphoric acid groups is 1. The molecule has 0 spiro atoms. The summed E-state index contributed by atoms with van der Waals surface area (Å²) in [6.07, 6.45) is 60.9. The Hall–Kier alpha value is -3.07. The van der Waals surface area contributed by atoms with Gasteiger partial charge in [0, 0.05) is 12.8 Å². The predicted molar refractivity (Wildman–Crippen MR) is 284 cm³/mol. The van der Waals surface area contributed by atoms with Gasteiger partial charge in [-0.05, 0) is 89.5 Å². The van der Waals surface area contributed by atoms with Crippen LogP contribution in [-0.2, 0) is 27.9 Å². The second-order valence-corrected chi connectivity index (χ2v) is 20.1. The molecule has 0 radical (unpaired) electrons. The lowest BCUT2D eigenvalue weighted by molar-refractivity contribution is -0.870. The first-order chi connectivity index (χ1) is 32.4. The van der Waals surface area contributed by atoms with Crippen LogP contribution < -0.4 is 10.2 Å². The van der Waals surface area contributed by atoms with Crippen LogP contribution in [0.5, 0.6) is 0 Å². The molecule has 10 heteroatoms. The van der Waals surface area contributed by atoms with Gasteiger partial charge in [0.2, 0.25) is 5.91 Å². The van der Waals surface area contributed by atoms with Gasteiger partial charge in [-0.25, -0.2) is 0 Å². The minimum Gasteiger partial charge on any atom is -0.756 e. The molecule has 0 aliphatic rings. The monoisotopic (exact) mass is 955 g/mol. The topological polar surface area (TPSA) is 114 Å². The lowest BCUT2D eigenvalue weighted by Gasteiger charge is -2.30. The third kappa shape index (κ3) is 47.8. The number of quaternary nitrogens is 1. The summed E-state index contributed by atoms with van der Waals surface area (Å²) in [5.41, 5.74) is 0. The molecule has 0 aromatic heterocycles. The van der Waals surface area contributed by atoms with Crippen LogP contribution in [0.4, 0.5) is 0 Å². The van der Waals surface area contributed by atoms with Gasteiger partial charge in [0.05, 0.1) is 33.8 Å². The van der Waals surface area contributed by atoms with Crippen molar-refractivity contribution < 1.29 is 37.3 Å². The van der Waals surface area contributed by atoms with Crippen molar-refractivity contribution in [1.29, 1.82) is 0 Å². The van der Waals surface area contributed by atoms with Gasteiger partial charge in [0.15, 0.2) is 0 Å². The molecular formula is C57H99N2O7P. The van der Waals surface area contributed by atoms with E-state index in [0.717, 1.165) is 103 Å². The lowest BCUT2D eigenvalue weighted by Crippen LogP contribution is -2.47. The zero-order chi connectivity index (χ0) is 49.4. The fourth-order valence-corrected chi connectivity index (χ4v) is 7.70. The average Bonchev–Trinajstić information content (AvgIpc) is 3.28. The maximum absolute atomic E-state index is 13.4. The zero-order valence-corrected chi connectivity index (χ0v) is 44.5. The summed E-state index contributed by atoms with van der Waals surface area (Å²) in [5.74, 6) is -0.611. The highest BCUT2D eigenvalue weighted by atomic mass is 31.2. The van der Waals surface area contributed by atoms with Crippen molar-refractivity contribution in [3.05, 3.63) is 97.2 Å². The number of allylic oxidation sites excluding steroid dienone is 15. The largest absolute Gasteiger partial charge is 0.756 e. The molecule has 0 rings (SSSR count). The van der Waals surface area contributed by atoms with Crippen LogP contribution in [-0.4, -0.2) is 69.4 Å². The van der Waals surface area contributed by atoms with E-state index in [2.05, 4.69) is 105 Å². The van der Waals surface area contributed by atoms with Gasteiger partial charge in [-0.15, -0.1) is 0 Å². The van der Waals surface area contributed by atoms with E-state index in [1.807, 2.05) is 33.3 Å². The standard InChI is InChI=1S/C57H99N2O7P/c1-7-10-13-16-19-22-25-28-29-30-32-34-37-40-43-46-49-56(60)58-54(53-65-67(62,63)64-52-51-59(4,5)6)55(48-45-42-39-36-33-27-24-21-18-15-12-9-3)66-57(61)50-47-44-41-38-35-31-26-23-20-17-14-11-8-2/h10-11,13-14,17,19-20,22-23,26,28-29,32,34,45,48,54-55H,7-9,12,15-16,18,21,24-25,27,30-31,33,35-44,46-47,49-53H2,1-6H3,(H-,58,60,62,63)/b13-10+,14-11+,20-17+,22-19+,26-23-,29-28+,34-32+,48-45+. The molecule has 3 atom stereocenters. The van der Waals surface area contributed by atoms with Crippen LogP contribution in [0.15, 0.2) is 97.2 Å². The normalized spacial score (nSPS) is 14.7. The predicted octanol–water partition coefficient (Wildman–Crippen LogP) is 15.0. The number of carbonyl (C=O) groups is 2. The molecule has 0 bridgehead atoms. The van der Waals surface area contributed by atoms with Gasteiger partial charge >= 0.3 is 5.97 Å². The SMILES string of the molecule is CC/C=C/C=C/C=C\CCCCCCCC(=O)OC(/C=C/CCCCCCCCCCCC)C(COP(=O)([O-])OCC[N+](C)(C)C)NC(=O)CCCCC/C=C/C/C=C/C/C=C/C/C=C/CC. The summed E-state index contributed by atoms with van der Waals surface area (Å²) in [7, 11) is 1.13. The Morgan fingerprint density at radius 1 is 0.552 bits per heavy atom. The van der Waals surface area contributed by atoms with Crippen LogP contribution in [0.1, 0.15) is 201 Å². The highest BCUT2D eigenvalue weighted by molar-refractivity contribution is 7.45. The Kier molecular flexibility index (Phi) is 44.5. The maximum Gasteiger partial charge on any atom is 0.306 e. The Balaban J connectivity index is 5.51. The number of phosphoric ester groups is 1. The summed E-state index contributed by atoms with van der Waals surface area (Å²) in [6, 6.07) is -0.917. The van der Waals surface area contributed by atoms with Crippen LogP contribution in [0.2, 0.25) is 0 Å². The molecule has 0 aromatic rings. The molecule has 9 nitrogen and oxygen atoms in total. The summed E-state index contributed by atoms with van der Waals surface area (Å²) < 4.78 is 30.1. The van der Waals surface area contributed by atoms with Gasteiger partial charge in [0.1, 0.15) is 19.3 Å². The van der Waals surface area contributed by atoms with E-state index in [4.69, 9.17) is 13.8 Å². The van der Waals surface area contributed by atoms with Gasteiger partial charge < -0.3 is 28.5 Å². The van der Waals surface area contributed by atoms with E-state index in [1.165, 1.54) is 51.4 Å². The molecule has 0 saturated carbocycles.